The lowest BCUT2D eigenvalue weighted by molar-refractivity contribution is 0.948. The number of hydrogen-bond acceptors (Lipinski definition) is 5. The van der Waals surface area contributed by atoms with Crippen molar-refractivity contribution in [3.05, 3.63) is 36.8 Å². The number of allylic oxidation sites excluding steroid dienone is 1. The Bertz CT molecular complexity index is 617. The minimum absolute atomic E-state index is 0.494. The van der Waals surface area contributed by atoms with Crippen molar-refractivity contribution in [2.24, 2.45) is 4.99 Å². The van der Waals surface area contributed by atoms with Crippen LogP contribution in [0.5, 0.6) is 0 Å². The summed E-state index contributed by atoms with van der Waals surface area (Å²) in [7, 11) is 0. The molecule has 0 radical (unpaired) electrons. The van der Waals surface area contributed by atoms with Gasteiger partial charge in [-0.3, -0.25) is 9.98 Å². The van der Waals surface area contributed by atoms with Crippen LogP contribution in [0.1, 0.15) is 0 Å². The molecule has 1 aliphatic heterocycles. The van der Waals surface area contributed by atoms with Gasteiger partial charge in [-0.1, -0.05) is 0 Å². The molecule has 3 rings (SSSR count). The smallest absolute Gasteiger partial charge is 0.137 e. The van der Waals surface area contributed by atoms with Crippen molar-refractivity contribution in [2.45, 2.75) is 0 Å². The minimum atomic E-state index is 0.494. The Morgan fingerprint density at radius 2 is 2.29 bits per heavy atom. The van der Waals surface area contributed by atoms with Crippen LogP contribution in [0.4, 0.5) is 11.6 Å². The molecule has 2 aromatic rings. The predicted molar refractivity (Wildman–Crippen MR) is 68.9 cm³/mol. The van der Waals surface area contributed by atoms with Gasteiger partial charge < -0.3 is 10.6 Å². The zero-order chi connectivity index (χ0) is 11.7. The number of nitrogen functional groups attached to an aromatic ring is 1. The van der Waals surface area contributed by atoms with Gasteiger partial charge in [0.05, 0.1) is 0 Å². The molecule has 0 bridgehead atoms. The third-order valence-electron chi connectivity index (χ3n) is 2.64. The molecule has 0 aromatic carbocycles. The average Bonchev–Trinajstić information content (AvgIpc) is 2.40. The van der Waals surface area contributed by atoms with Crippen LogP contribution in [-0.2, 0) is 0 Å². The molecule has 2 N–H and O–H groups in total. The van der Waals surface area contributed by atoms with Gasteiger partial charge in [0.1, 0.15) is 18.3 Å². The van der Waals surface area contributed by atoms with Crippen LogP contribution in [-0.4, -0.2) is 22.9 Å². The van der Waals surface area contributed by atoms with E-state index in [1.165, 1.54) is 0 Å². The number of aromatic nitrogens is 2. The van der Waals surface area contributed by atoms with Crippen LogP contribution in [0.3, 0.4) is 0 Å². The van der Waals surface area contributed by atoms with Crippen molar-refractivity contribution in [1.29, 1.82) is 0 Å². The van der Waals surface area contributed by atoms with Crippen LogP contribution in [0.25, 0.3) is 10.8 Å². The maximum Gasteiger partial charge on any atom is 0.137 e. The van der Waals surface area contributed by atoms with E-state index < -0.39 is 0 Å². The third-order valence-corrected chi connectivity index (χ3v) is 2.64. The maximum absolute atomic E-state index is 5.92. The summed E-state index contributed by atoms with van der Waals surface area (Å²) in [4.78, 5) is 14.5. The van der Waals surface area contributed by atoms with Gasteiger partial charge in [-0.05, 0) is 23.6 Å². The molecule has 5 heteroatoms. The highest BCUT2D eigenvalue weighted by atomic mass is 15.2. The third kappa shape index (κ3) is 1.71. The van der Waals surface area contributed by atoms with Gasteiger partial charge in [0, 0.05) is 30.2 Å². The predicted octanol–water partition coefficient (Wildman–Crippen LogP) is 1.57. The topological polar surface area (TPSA) is 67.4 Å². The highest BCUT2D eigenvalue weighted by Gasteiger charge is 2.09. The number of nitrogens with two attached hydrogens (primary N) is 1. The van der Waals surface area contributed by atoms with E-state index in [9.17, 15) is 0 Å². The van der Waals surface area contributed by atoms with E-state index in [2.05, 4.69) is 15.0 Å². The molecule has 0 atom stereocenters. The van der Waals surface area contributed by atoms with E-state index in [0.717, 1.165) is 16.6 Å². The first-order valence-corrected chi connectivity index (χ1v) is 5.28. The number of hydrogen-bond donors (Lipinski definition) is 1. The standard InChI is InChI=1S/C12H11N5/c13-12-10-7-14-4-2-9(10)6-11(16-12)17-5-1-3-15-8-17/h1-7H,8H2,(H2,13,16). The van der Waals surface area contributed by atoms with E-state index in [1.54, 1.807) is 18.6 Å². The van der Waals surface area contributed by atoms with Crippen molar-refractivity contribution >= 4 is 28.6 Å². The number of fused-ring (bicyclic) bond motifs is 1. The first-order valence-electron chi connectivity index (χ1n) is 5.28. The molecule has 0 unspecified atom stereocenters. The van der Waals surface area contributed by atoms with E-state index in [-0.39, 0.29) is 0 Å². The van der Waals surface area contributed by atoms with Gasteiger partial charge in [-0.2, -0.15) is 0 Å². The zero-order valence-electron chi connectivity index (χ0n) is 9.11. The van der Waals surface area contributed by atoms with Gasteiger partial charge in [0.15, 0.2) is 0 Å². The maximum atomic E-state index is 5.92. The Morgan fingerprint density at radius 1 is 1.35 bits per heavy atom. The fourth-order valence-corrected chi connectivity index (χ4v) is 1.78. The highest BCUT2D eigenvalue weighted by molar-refractivity contribution is 5.92. The fourth-order valence-electron chi connectivity index (χ4n) is 1.78. The zero-order valence-corrected chi connectivity index (χ0v) is 9.11. The van der Waals surface area contributed by atoms with Crippen molar-refractivity contribution in [2.75, 3.05) is 17.3 Å². The summed E-state index contributed by atoms with van der Waals surface area (Å²) >= 11 is 0. The molecule has 0 spiro atoms. The van der Waals surface area contributed by atoms with Gasteiger partial charge in [-0.25, -0.2) is 4.98 Å². The molecule has 0 amide bonds. The van der Waals surface area contributed by atoms with Crippen LogP contribution < -0.4 is 10.6 Å². The molecule has 2 aromatic heterocycles. The first kappa shape index (κ1) is 9.77. The molecule has 5 nitrogen and oxygen atoms in total. The summed E-state index contributed by atoms with van der Waals surface area (Å²) < 4.78 is 0. The van der Waals surface area contributed by atoms with E-state index in [1.807, 2.05) is 29.3 Å². The van der Waals surface area contributed by atoms with Gasteiger partial charge >= 0.3 is 0 Å². The van der Waals surface area contributed by atoms with Gasteiger partial charge in [0.2, 0.25) is 0 Å². The fraction of sp³-hybridized carbons (Fsp3) is 0.0833. The number of aliphatic imine (C=N–C) groups is 1. The lowest BCUT2D eigenvalue weighted by Gasteiger charge is -2.19. The molecule has 0 aliphatic carbocycles. The van der Waals surface area contributed by atoms with Crippen molar-refractivity contribution in [1.82, 2.24) is 9.97 Å². The highest BCUT2D eigenvalue weighted by Crippen LogP contribution is 2.24. The molecule has 1 aliphatic rings. The Morgan fingerprint density at radius 3 is 3.12 bits per heavy atom. The second-order valence-electron chi connectivity index (χ2n) is 3.75. The Hall–Kier alpha value is -2.43. The first-order chi connectivity index (χ1) is 8.34. The Labute approximate surface area is 98.3 Å². The molecule has 84 valence electrons. The van der Waals surface area contributed by atoms with Gasteiger partial charge in [0.25, 0.3) is 0 Å². The summed E-state index contributed by atoms with van der Waals surface area (Å²) in [5.74, 6) is 1.29. The summed E-state index contributed by atoms with van der Waals surface area (Å²) in [6, 6.07) is 3.91. The second-order valence-corrected chi connectivity index (χ2v) is 3.75. The molecule has 0 fully saturated rings. The van der Waals surface area contributed by atoms with Gasteiger partial charge in [-0.15, -0.1) is 0 Å². The van der Waals surface area contributed by atoms with E-state index in [4.69, 9.17) is 5.73 Å². The summed E-state index contributed by atoms with van der Waals surface area (Å²) in [5.41, 5.74) is 5.92. The monoisotopic (exact) mass is 225 g/mol. The van der Waals surface area contributed by atoms with E-state index in [0.29, 0.717) is 12.5 Å². The number of rotatable bonds is 1. The van der Waals surface area contributed by atoms with Crippen LogP contribution in [0.2, 0.25) is 0 Å². The molecule has 3 heterocycles. The quantitative estimate of drug-likeness (QED) is 0.800. The Kier molecular flexibility index (Phi) is 2.22. The lowest BCUT2D eigenvalue weighted by atomic mass is 10.2. The van der Waals surface area contributed by atoms with Crippen LogP contribution >= 0.6 is 0 Å². The second kappa shape index (κ2) is 3.86. The molecular formula is C12H11N5. The molecule has 0 saturated heterocycles. The number of anilines is 2. The summed E-state index contributed by atoms with van der Waals surface area (Å²) in [6.45, 7) is 0.569. The number of pyridine rings is 2. The summed E-state index contributed by atoms with van der Waals surface area (Å²) in [6.07, 6.45) is 9.05. The molecular weight excluding hydrogens is 214 g/mol. The SMILES string of the molecule is Nc1nc(N2C=CC=NC2)cc2ccncc12. The number of nitrogens with zero attached hydrogens (tertiary/aromatic N) is 4. The average molecular weight is 225 g/mol. The Balaban J connectivity index is 2.12. The van der Waals surface area contributed by atoms with Crippen molar-refractivity contribution in [3.63, 3.8) is 0 Å². The molecule has 17 heavy (non-hydrogen) atoms. The molecule has 0 saturated carbocycles. The minimum Gasteiger partial charge on any atom is -0.383 e. The lowest BCUT2D eigenvalue weighted by Crippen LogP contribution is -2.19. The van der Waals surface area contributed by atoms with Crippen LogP contribution in [0.15, 0.2) is 41.8 Å². The van der Waals surface area contributed by atoms with Crippen molar-refractivity contribution < 1.29 is 0 Å². The largest absolute Gasteiger partial charge is 0.383 e. The normalized spacial score (nSPS) is 14.5. The van der Waals surface area contributed by atoms with Crippen molar-refractivity contribution in [3.8, 4) is 0 Å². The van der Waals surface area contributed by atoms with Crippen LogP contribution in [0, 0.1) is 0 Å². The van der Waals surface area contributed by atoms with E-state index >= 15 is 0 Å². The summed E-state index contributed by atoms with van der Waals surface area (Å²) in [5, 5.41) is 1.91.